The Balaban J connectivity index is 2.11. The van der Waals surface area contributed by atoms with Crippen LogP contribution in [0.4, 0.5) is 4.39 Å². The van der Waals surface area contributed by atoms with Crippen molar-refractivity contribution in [2.24, 2.45) is 11.3 Å². The molecular formula is C24H36FN3O3. The lowest BCUT2D eigenvalue weighted by atomic mass is 9.87. The molecule has 0 radical (unpaired) electrons. The van der Waals surface area contributed by atoms with Crippen molar-refractivity contribution in [3.8, 4) is 0 Å². The summed E-state index contributed by atoms with van der Waals surface area (Å²) < 4.78 is 14.1. The molecule has 172 valence electrons. The van der Waals surface area contributed by atoms with E-state index in [1.165, 1.54) is 18.2 Å². The number of nitrogens with zero attached hydrogens (tertiary/aromatic N) is 1. The van der Waals surface area contributed by atoms with Crippen LogP contribution in [0.15, 0.2) is 24.3 Å². The zero-order chi connectivity index (χ0) is 23.2. The summed E-state index contributed by atoms with van der Waals surface area (Å²) in [5, 5.41) is 5.70. The molecule has 31 heavy (non-hydrogen) atoms. The van der Waals surface area contributed by atoms with E-state index in [9.17, 15) is 18.8 Å². The van der Waals surface area contributed by atoms with Crippen molar-refractivity contribution in [1.29, 1.82) is 0 Å². The highest BCUT2D eigenvalue weighted by Gasteiger charge is 2.35. The SMILES string of the molecule is CC[C@H](C)NC(=O)[C@@H](NC(=O)c1ccccc1F)C1CCN(C(=O)CC(C)(C)C)CC1. The van der Waals surface area contributed by atoms with Gasteiger partial charge in [-0.25, -0.2) is 4.39 Å². The minimum Gasteiger partial charge on any atom is -0.352 e. The van der Waals surface area contributed by atoms with Crippen LogP contribution in [0.1, 0.15) is 70.7 Å². The summed E-state index contributed by atoms with van der Waals surface area (Å²) in [5.74, 6) is -1.50. The molecule has 0 bridgehead atoms. The number of carbonyl (C=O) groups excluding carboxylic acids is 3. The Labute approximate surface area is 185 Å². The van der Waals surface area contributed by atoms with Crippen molar-refractivity contribution >= 4 is 17.7 Å². The maximum atomic E-state index is 14.1. The lowest BCUT2D eigenvalue weighted by molar-refractivity contribution is -0.134. The fourth-order valence-electron chi connectivity index (χ4n) is 3.74. The minimum atomic E-state index is -0.777. The van der Waals surface area contributed by atoms with Crippen molar-refractivity contribution in [3.63, 3.8) is 0 Å². The number of nitrogens with one attached hydrogen (secondary N) is 2. The molecule has 0 spiro atoms. The molecule has 1 aromatic carbocycles. The summed E-state index contributed by atoms with van der Waals surface area (Å²) in [4.78, 5) is 40.1. The van der Waals surface area contributed by atoms with Gasteiger partial charge in [-0.3, -0.25) is 14.4 Å². The Morgan fingerprint density at radius 2 is 1.74 bits per heavy atom. The van der Waals surface area contributed by atoms with Gasteiger partial charge in [0.1, 0.15) is 11.9 Å². The Bertz CT molecular complexity index is 783. The van der Waals surface area contributed by atoms with Gasteiger partial charge in [0.25, 0.3) is 5.91 Å². The molecule has 1 saturated heterocycles. The molecule has 0 saturated carbocycles. The van der Waals surface area contributed by atoms with Gasteiger partial charge in [0.05, 0.1) is 5.56 Å². The molecule has 0 unspecified atom stereocenters. The fraction of sp³-hybridized carbons (Fsp3) is 0.625. The van der Waals surface area contributed by atoms with Crippen LogP contribution in [0.2, 0.25) is 0 Å². The van der Waals surface area contributed by atoms with Crippen LogP contribution in [0.25, 0.3) is 0 Å². The highest BCUT2D eigenvalue weighted by molar-refractivity contribution is 5.97. The lowest BCUT2D eigenvalue weighted by Gasteiger charge is -2.37. The first-order valence-electron chi connectivity index (χ1n) is 11.2. The van der Waals surface area contributed by atoms with Gasteiger partial charge in [0.15, 0.2) is 0 Å². The molecular weight excluding hydrogens is 397 g/mol. The predicted octanol–water partition coefficient (Wildman–Crippen LogP) is 3.51. The number of likely N-dealkylation sites (tertiary alicyclic amines) is 1. The molecule has 2 N–H and O–H groups in total. The summed E-state index contributed by atoms with van der Waals surface area (Å²) in [6.45, 7) is 11.1. The number of piperidine rings is 1. The van der Waals surface area contributed by atoms with Crippen LogP contribution in [-0.4, -0.2) is 47.8 Å². The van der Waals surface area contributed by atoms with Crippen LogP contribution in [0, 0.1) is 17.2 Å². The van der Waals surface area contributed by atoms with Crippen LogP contribution in [-0.2, 0) is 9.59 Å². The van der Waals surface area contributed by atoms with Crippen molar-refractivity contribution in [2.75, 3.05) is 13.1 Å². The Kier molecular flexibility index (Phi) is 8.60. The monoisotopic (exact) mass is 433 g/mol. The summed E-state index contributed by atoms with van der Waals surface area (Å²) in [6.07, 6.45) is 2.44. The van der Waals surface area contributed by atoms with Gasteiger partial charge in [-0.15, -0.1) is 0 Å². The third-order valence-corrected chi connectivity index (χ3v) is 5.73. The third kappa shape index (κ3) is 7.33. The number of rotatable bonds is 7. The number of amides is 3. The Hall–Kier alpha value is -2.44. The molecule has 2 rings (SSSR count). The van der Waals surface area contributed by atoms with Crippen LogP contribution >= 0.6 is 0 Å². The van der Waals surface area contributed by atoms with Gasteiger partial charge in [0, 0.05) is 25.6 Å². The molecule has 1 aromatic rings. The van der Waals surface area contributed by atoms with E-state index in [-0.39, 0.29) is 34.8 Å². The molecule has 3 amide bonds. The summed E-state index contributed by atoms with van der Waals surface area (Å²) >= 11 is 0. The van der Waals surface area contributed by atoms with Crippen molar-refractivity contribution in [2.45, 2.75) is 72.4 Å². The molecule has 7 heteroatoms. The highest BCUT2D eigenvalue weighted by Crippen LogP contribution is 2.25. The fourth-order valence-corrected chi connectivity index (χ4v) is 3.74. The third-order valence-electron chi connectivity index (χ3n) is 5.73. The minimum absolute atomic E-state index is 0.0335. The van der Waals surface area contributed by atoms with Crippen LogP contribution in [0.5, 0.6) is 0 Å². The molecule has 1 aliphatic rings. The second-order valence-corrected chi connectivity index (χ2v) is 9.70. The van der Waals surface area contributed by atoms with Gasteiger partial charge in [-0.05, 0) is 49.7 Å². The first-order valence-corrected chi connectivity index (χ1v) is 11.2. The van der Waals surface area contributed by atoms with E-state index in [2.05, 4.69) is 10.6 Å². The van der Waals surface area contributed by atoms with Gasteiger partial charge < -0.3 is 15.5 Å². The van der Waals surface area contributed by atoms with Crippen molar-refractivity contribution in [3.05, 3.63) is 35.6 Å². The smallest absolute Gasteiger partial charge is 0.254 e. The molecule has 2 atom stereocenters. The van der Waals surface area contributed by atoms with Gasteiger partial charge in [-0.2, -0.15) is 0 Å². The van der Waals surface area contributed by atoms with E-state index < -0.39 is 17.8 Å². The quantitative estimate of drug-likeness (QED) is 0.691. The summed E-state index contributed by atoms with van der Waals surface area (Å²) in [5.41, 5.74) is -0.165. The van der Waals surface area contributed by atoms with Gasteiger partial charge >= 0.3 is 0 Å². The first kappa shape index (κ1) is 24.8. The van der Waals surface area contributed by atoms with E-state index in [0.29, 0.717) is 32.4 Å². The molecule has 1 fully saturated rings. The normalized spacial score (nSPS) is 17.0. The van der Waals surface area contributed by atoms with E-state index in [1.54, 1.807) is 6.07 Å². The predicted molar refractivity (Wildman–Crippen MR) is 119 cm³/mol. The molecule has 1 aliphatic heterocycles. The van der Waals surface area contributed by atoms with E-state index in [1.807, 2.05) is 39.5 Å². The Morgan fingerprint density at radius 3 is 2.29 bits per heavy atom. The zero-order valence-electron chi connectivity index (χ0n) is 19.3. The van der Waals surface area contributed by atoms with Crippen LogP contribution in [0.3, 0.4) is 0 Å². The topological polar surface area (TPSA) is 78.5 Å². The molecule has 0 aromatic heterocycles. The maximum absolute atomic E-state index is 14.1. The largest absolute Gasteiger partial charge is 0.352 e. The van der Waals surface area contributed by atoms with Crippen molar-refractivity contribution in [1.82, 2.24) is 15.5 Å². The van der Waals surface area contributed by atoms with E-state index in [0.717, 1.165) is 6.42 Å². The number of benzene rings is 1. The van der Waals surface area contributed by atoms with Gasteiger partial charge in [0.2, 0.25) is 11.8 Å². The first-order chi connectivity index (χ1) is 14.5. The number of carbonyl (C=O) groups is 3. The average Bonchev–Trinajstić information content (AvgIpc) is 2.70. The molecule has 0 aliphatic carbocycles. The highest BCUT2D eigenvalue weighted by atomic mass is 19.1. The standard InChI is InChI=1S/C24H36FN3O3/c1-6-16(2)26-23(31)21(27-22(30)18-9-7-8-10-19(18)25)17-11-13-28(14-12-17)20(29)15-24(3,4)5/h7-10,16-17,21H,6,11-15H2,1-5H3,(H,26,31)(H,27,30)/t16-,21-/m0/s1. The maximum Gasteiger partial charge on any atom is 0.254 e. The summed E-state index contributed by atoms with van der Waals surface area (Å²) in [7, 11) is 0. The second kappa shape index (κ2) is 10.7. The molecule has 1 heterocycles. The average molecular weight is 434 g/mol. The lowest BCUT2D eigenvalue weighted by Crippen LogP contribution is -2.55. The van der Waals surface area contributed by atoms with E-state index >= 15 is 0 Å². The number of hydrogen-bond donors (Lipinski definition) is 2. The van der Waals surface area contributed by atoms with Crippen molar-refractivity contribution < 1.29 is 18.8 Å². The molecule has 6 nitrogen and oxygen atoms in total. The Morgan fingerprint density at radius 1 is 1.13 bits per heavy atom. The summed E-state index contributed by atoms with van der Waals surface area (Å²) in [6, 6.07) is 4.93. The van der Waals surface area contributed by atoms with Gasteiger partial charge in [-0.1, -0.05) is 39.8 Å². The van der Waals surface area contributed by atoms with Crippen LogP contribution < -0.4 is 10.6 Å². The second-order valence-electron chi connectivity index (χ2n) is 9.70. The number of hydrogen-bond acceptors (Lipinski definition) is 3. The number of halogens is 1. The zero-order valence-corrected chi connectivity index (χ0v) is 19.3. The van der Waals surface area contributed by atoms with E-state index in [4.69, 9.17) is 0 Å².